The van der Waals surface area contributed by atoms with Crippen LogP contribution in [0.4, 0.5) is 11.4 Å². The van der Waals surface area contributed by atoms with Crippen molar-refractivity contribution >= 4 is 52.2 Å². The number of hydrogen-bond donors (Lipinski definition) is 0. The standard InChI is InChI=1S/C30H30N4O7S2/c1-30(2,3)18-6-4-17(5-7-18)22-23-24(27(37)33(26(23)36)19-8-10-20(11-9-19)34(39)40)42-28-25(22)43-29(38)32(28)16-21(35)31-12-14-41-15-13-31/h4-11,22-24H,12-16H2,1-3H3/t22-,23?,24?/m0/s1. The van der Waals surface area contributed by atoms with Crippen LogP contribution in [-0.4, -0.2) is 63.7 Å². The lowest BCUT2D eigenvalue weighted by atomic mass is 9.81. The molecule has 0 aliphatic carbocycles. The lowest BCUT2D eigenvalue weighted by Crippen LogP contribution is -2.43. The number of hydrogen-bond acceptors (Lipinski definition) is 9. The number of nitro groups is 1. The van der Waals surface area contributed by atoms with Crippen molar-refractivity contribution in [2.45, 2.75) is 48.9 Å². The van der Waals surface area contributed by atoms with E-state index < -0.39 is 33.8 Å². The summed E-state index contributed by atoms with van der Waals surface area (Å²) >= 11 is 2.15. The number of aromatic nitrogens is 1. The second-order valence-corrected chi connectivity index (χ2v) is 13.9. The predicted octanol–water partition coefficient (Wildman–Crippen LogP) is 3.77. The molecule has 0 radical (unpaired) electrons. The Hall–Kier alpha value is -3.81. The molecule has 2 aromatic carbocycles. The van der Waals surface area contributed by atoms with Crippen LogP contribution in [0.5, 0.6) is 0 Å². The van der Waals surface area contributed by atoms with Gasteiger partial charge in [-0.2, -0.15) is 0 Å². The minimum Gasteiger partial charge on any atom is -0.378 e. The van der Waals surface area contributed by atoms with Gasteiger partial charge >= 0.3 is 4.87 Å². The van der Waals surface area contributed by atoms with Gasteiger partial charge in [0.1, 0.15) is 11.8 Å². The predicted molar refractivity (Wildman–Crippen MR) is 162 cm³/mol. The number of benzene rings is 2. The minimum absolute atomic E-state index is 0.103. The van der Waals surface area contributed by atoms with Gasteiger partial charge < -0.3 is 9.64 Å². The molecule has 0 N–H and O–H groups in total. The fourth-order valence-electron chi connectivity index (χ4n) is 5.83. The van der Waals surface area contributed by atoms with Gasteiger partial charge in [0, 0.05) is 36.0 Å². The third-order valence-corrected chi connectivity index (χ3v) is 10.8. The Balaban J connectivity index is 1.43. The molecule has 2 unspecified atom stereocenters. The number of thioether (sulfide) groups is 1. The number of thiazole rings is 1. The molecule has 3 amide bonds. The number of carbonyl (C=O) groups excluding carboxylic acids is 3. The van der Waals surface area contributed by atoms with Crippen LogP contribution < -0.4 is 9.77 Å². The molecule has 6 rings (SSSR count). The third kappa shape index (κ3) is 5.19. The van der Waals surface area contributed by atoms with E-state index >= 15 is 0 Å². The number of non-ortho nitro benzene ring substituents is 1. The molecule has 1 aromatic heterocycles. The quantitative estimate of drug-likeness (QED) is 0.239. The maximum absolute atomic E-state index is 14.1. The summed E-state index contributed by atoms with van der Waals surface area (Å²) in [5.74, 6) is -2.49. The Morgan fingerprint density at radius 2 is 1.65 bits per heavy atom. The maximum Gasteiger partial charge on any atom is 0.308 e. The van der Waals surface area contributed by atoms with Crippen molar-refractivity contribution < 1.29 is 24.0 Å². The van der Waals surface area contributed by atoms with E-state index in [2.05, 4.69) is 20.8 Å². The highest BCUT2D eigenvalue weighted by Gasteiger charge is 2.57. The summed E-state index contributed by atoms with van der Waals surface area (Å²) in [6, 6.07) is 13.2. The Bertz CT molecular complexity index is 1670. The molecule has 3 atom stereocenters. The van der Waals surface area contributed by atoms with E-state index in [1.54, 1.807) is 4.90 Å². The van der Waals surface area contributed by atoms with Crippen LogP contribution >= 0.6 is 23.1 Å². The number of imide groups is 1. The van der Waals surface area contributed by atoms with Gasteiger partial charge in [-0.05, 0) is 28.7 Å². The van der Waals surface area contributed by atoms with E-state index in [-0.39, 0.29) is 34.1 Å². The molecular weight excluding hydrogens is 592 g/mol. The van der Waals surface area contributed by atoms with Gasteiger partial charge in [0.15, 0.2) is 0 Å². The number of morpholine rings is 1. The van der Waals surface area contributed by atoms with Gasteiger partial charge in [0.2, 0.25) is 17.7 Å². The van der Waals surface area contributed by atoms with Crippen molar-refractivity contribution in [3.8, 4) is 0 Å². The fraction of sp³-hybridized carbons (Fsp3) is 0.400. The topological polar surface area (TPSA) is 132 Å². The van der Waals surface area contributed by atoms with E-state index in [9.17, 15) is 29.3 Å². The summed E-state index contributed by atoms with van der Waals surface area (Å²) in [4.78, 5) is 68.3. The zero-order valence-electron chi connectivity index (χ0n) is 23.8. The summed E-state index contributed by atoms with van der Waals surface area (Å²) < 4.78 is 6.79. The zero-order valence-corrected chi connectivity index (χ0v) is 25.5. The first-order valence-electron chi connectivity index (χ1n) is 13.9. The number of amides is 3. The lowest BCUT2D eigenvalue weighted by Gasteiger charge is -2.31. The number of anilines is 1. The van der Waals surface area contributed by atoms with Crippen LogP contribution in [0.3, 0.4) is 0 Å². The van der Waals surface area contributed by atoms with Crippen LogP contribution in [0.2, 0.25) is 0 Å². The summed E-state index contributed by atoms with van der Waals surface area (Å²) in [6.45, 7) is 7.89. The van der Waals surface area contributed by atoms with Crippen LogP contribution in [0.1, 0.15) is 42.7 Å². The maximum atomic E-state index is 14.1. The monoisotopic (exact) mass is 622 g/mol. The Labute approximate surface area is 255 Å². The highest BCUT2D eigenvalue weighted by molar-refractivity contribution is 8.00. The summed E-state index contributed by atoms with van der Waals surface area (Å²) in [7, 11) is 0. The smallest absolute Gasteiger partial charge is 0.308 e. The average molecular weight is 623 g/mol. The molecule has 2 fully saturated rings. The Morgan fingerprint density at radius 3 is 2.26 bits per heavy atom. The first kappa shape index (κ1) is 29.3. The SMILES string of the molecule is CC(C)(C)c1ccc([C@@H]2c3sc(=O)n(CC(=O)N4CCOCC4)c3SC3C(=O)N(c4ccc([N+](=O)[O-])cc4)C(=O)C32)cc1. The van der Waals surface area contributed by atoms with Gasteiger partial charge in [0.25, 0.3) is 5.69 Å². The van der Waals surface area contributed by atoms with Crippen molar-refractivity contribution in [1.82, 2.24) is 9.47 Å². The Morgan fingerprint density at radius 1 is 1.00 bits per heavy atom. The Kier molecular flexibility index (Phi) is 7.51. The normalized spacial score (nSPS) is 22.0. The molecule has 4 heterocycles. The van der Waals surface area contributed by atoms with E-state index in [1.165, 1.54) is 28.8 Å². The lowest BCUT2D eigenvalue weighted by molar-refractivity contribution is -0.384. The van der Waals surface area contributed by atoms with Gasteiger partial charge in [0.05, 0.1) is 34.8 Å². The van der Waals surface area contributed by atoms with Crippen molar-refractivity contribution in [1.29, 1.82) is 0 Å². The first-order chi connectivity index (χ1) is 20.5. The van der Waals surface area contributed by atoms with Crippen LogP contribution in [-0.2, 0) is 31.1 Å². The number of ether oxygens (including phenoxy) is 1. The molecule has 11 nitrogen and oxygen atoms in total. The van der Waals surface area contributed by atoms with Gasteiger partial charge in [-0.1, -0.05) is 68.1 Å². The third-order valence-electron chi connectivity index (χ3n) is 8.16. The molecule has 3 aliphatic heterocycles. The van der Waals surface area contributed by atoms with Gasteiger partial charge in [-0.25, -0.2) is 4.90 Å². The highest BCUT2D eigenvalue weighted by atomic mass is 32.2. The van der Waals surface area contributed by atoms with E-state index in [0.29, 0.717) is 36.2 Å². The van der Waals surface area contributed by atoms with Crippen molar-refractivity contribution in [2.24, 2.45) is 5.92 Å². The summed E-state index contributed by atoms with van der Waals surface area (Å²) in [5, 5.41) is 10.9. The fourth-order valence-corrected chi connectivity index (χ4v) is 8.60. The van der Waals surface area contributed by atoms with Crippen molar-refractivity contribution in [3.63, 3.8) is 0 Å². The molecule has 0 bridgehead atoms. The molecule has 13 heteroatoms. The number of nitrogens with zero attached hydrogens (tertiary/aromatic N) is 4. The van der Waals surface area contributed by atoms with E-state index in [4.69, 9.17) is 4.74 Å². The summed E-state index contributed by atoms with van der Waals surface area (Å²) in [5.41, 5.74) is 1.89. The van der Waals surface area contributed by atoms with Crippen LogP contribution in [0.25, 0.3) is 0 Å². The van der Waals surface area contributed by atoms with Crippen molar-refractivity contribution in [2.75, 3.05) is 31.2 Å². The number of rotatable bonds is 5. The van der Waals surface area contributed by atoms with E-state index in [1.807, 2.05) is 24.3 Å². The largest absolute Gasteiger partial charge is 0.378 e. The molecule has 3 aromatic rings. The summed E-state index contributed by atoms with van der Waals surface area (Å²) in [6.07, 6.45) is 0. The average Bonchev–Trinajstić information content (AvgIpc) is 3.43. The first-order valence-corrected chi connectivity index (χ1v) is 15.6. The van der Waals surface area contributed by atoms with Gasteiger partial charge in [-0.3, -0.25) is 33.9 Å². The molecule has 0 spiro atoms. The van der Waals surface area contributed by atoms with Crippen LogP contribution in [0.15, 0.2) is 58.4 Å². The van der Waals surface area contributed by atoms with E-state index in [0.717, 1.165) is 39.1 Å². The molecule has 3 aliphatic rings. The van der Waals surface area contributed by atoms with Crippen LogP contribution in [0, 0.1) is 16.0 Å². The second-order valence-electron chi connectivity index (χ2n) is 11.8. The minimum atomic E-state index is -0.846. The number of carbonyl (C=O) groups is 3. The highest BCUT2D eigenvalue weighted by Crippen LogP contribution is 2.54. The molecule has 2 saturated heterocycles. The number of fused-ring (bicyclic) bond motifs is 2. The second kappa shape index (κ2) is 11.0. The zero-order chi connectivity index (χ0) is 30.6. The molecule has 43 heavy (non-hydrogen) atoms. The molecule has 0 saturated carbocycles. The van der Waals surface area contributed by atoms with Gasteiger partial charge in [-0.15, -0.1) is 0 Å². The number of nitro benzene ring substituents is 1. The van der Waals surface area contributed by atoms with Crippen molar-refractivity contribution in [3.05, 3.63) is 84.3 Å². The molecular formula is C30H30N4O7S2. The molecule has 224 valence electrons.